The first-order chi connectivity index (χ1) is 20.1. The molecule has 0 bridgehead atoms. The van der Waals surface area contributed by atoms with Crippen LogP contribution in [-0.4, -0.2) is 173 Å². The van der Waals surface area contributed by atoms with E-state index in [-0.39, 0.29) is 0 Å². The maximum atomic E-state index is 12.4. The summed E-state index contributed by atoms with van der Waals surface area (Å²) in [5, 5.41) is 94.6. The Kier molecular flexibility index (Phi) is 12.9. The average Bonchev–Trinajstić information content (AvgIpc) is 2.96. The van der Waals surface area contributed by atoms with Gasteiger partial charge < -0.3 is 80.7 Å². The van der Waals surface area contributed by atoms with Crippen molar-refractivity contribution in [3.05, 3.63) is 0 Å². The minimum absolute atomic E-state index is 0.497. The highest BCUT2D eigenvalue weighted by atomic mass is 127. The van der Waals surface area contributed by atoms with Crippen molar-refractivity contribution < 1.29 is 79.2 Å². The molecule has 19 heteroatoms. The van der Waals surface area contributed by atoms with Gasteiger partial charge in [0.25, 0.3) is 5.79 Å². The number of alkyl halides is 1. The van der Waals surface area contributed by atoms with E-state index < -0.39 is 133 Å². The summed E-state index contributed by atoms with van der Waals surface area (Å²) in [6.07, 6.45) is -18.5. The van der Waals surface area contributed by atoms with Crippen LogP contribution in [-0.2, 0) is 33.3 Å². The molecule has 12 N–H and O–H groups in total. The molecular weight excluding hydrogens is 699 g/mol. The number of aliphatic hydroxyl groups excluding tert-OH is 8. The highest BCUT2D eigenvalue weighted by Gasteiger charge is 2.57. The number of hydrogen-bond acceptors (Lipinski definition) is 16. The predicted molar refractivity (Wildman–Crippen MR) is 147 cm³/mol. The van der Waals surface area contributed by atoms with Crippen LogP contribution in [0.2, 0.25) is 0 Å². The average molecular weight is 740 g/mol. The molecule has 14 unspecified atom stereocenters. The third kappa shape index (κ3) is 7.92. The minimum Gasteiger partial charge on any atom is -0.477 e. The largest absolute Gasteiger partial charge is 0.477 e. The fourth-order valence-corrected chi connectivity index (χ4v) is 6.09. The number of rotatable bonds is 11. The van der Waals surface area contributed by atoms with Gasteiger partial charge in [-0.15, -0.1) is 0 Å². The fourth-order valence-electron chi connectivity index (χ4n) is 5.26. The molecule has 3 saturated heterocycles. The molecule has 0 aromatic rings. The van der Waals surface area contributed by atoms with E-state index in [0.29, 0.717) is 0 Å². The molecule has 18 nitrogen and oxygen atoms in total. The van der Waals surface area contributed by atoms with Crippen LogP contribution in [0.4, 0.5) is 0 Å². The summed E-state index contributed by atoms with van der Waals surface area (Å²) in [6.45, 7) is 0.463. The van der Waals surface area contributed by atoms with Crippen LogP contribution in [0.15, 0.2) is 0 Å². The number of aliphatic carboxylic acids is 1. The first kappa shape index (κ1) is 36.6. The summed E-state index contributed by atoms with van der Waals surface area (Å²) >= 11 is 1.81. The molecule has 3 aliphatic heterocycles. The van der Waals surface area contributed by atoms with Crippen LogP contribution in [0.1, 0.15) is 20.3 Å². The van der Waals surface area contributed by atoms with E-state index in [2.05, 4.69) is 5.32 Å². The van der Waals surface area contributed by atoms with Crippen molar-refractivity contribution in [2.45, 2.75) is 115 Å². The molecule has 0 aliphatic carbocycles. The number of carbonyl (C=O) groups excluding carboxylic acids is 1. The van der Waals surface area contributed by atoms with Crippen molar-refractivity contribution >= 4 is 34.5 Å². The van der Waals surface area contributed by atoms with E-state index in [0.717, 1.165) is 6.92 Å². The second kappa shape index (κ2) is 15.1. The van der Waals surface area contributed by atoms with E-state index in [9.17, 15) is 55.5 Å². The number of aliphatic hydroxyl groups is 8. The summed E-state index contributed by atoms with van der Waals surface area (Å²) in [4.78, 5) is 24.1. The Balaban J connectivity index is 1.81. The number of ether oxygens (including phenoxy) is 5. The molecule has 0 saturated carbocycles. The Bertz CT molecular complexity index is 951. The highest BCUT2D eigenvalue weighted by Crippen LogP contribution is 2.35. The molecular formula is C24H41IN2O16. The van der Waals surface area contributed by atoms with Gasteiger partial charge in [-0.3, -0.25) is 4.79 Å². The van der Waals surface area contributed by atoms with Gasteiger partial charge in [-0.05, 0) is 6.92 Å². The van der Waals surface area contributed by atoms with E-state index in [1.165, 1.54) is 6.92 Å². The van der Waals surface area contributed by atoms with Crippen molar-refractivity contribution in [2.24, 2.45) is 5.73 Å². The van der Waals surface area contributed by atoms with E-state index in [1.807, 2.05) is 22.6 Å². The molecule has 3 aliphatic rings. The number of nitrogens with one attached hydrogen (secondary N) is 1. The summed E-state index contributed by atoms with van der Waals surface area (Å²) in [5.74, 6) is -5.11. The Morgan fingerprint density at radius 3 is 2.30 bits per heavy atom. The zero-order valence-electron chi connectivity index (χ0n) is 23.3. The molecule has 0 aromatic heterocycles. The monoisotopic (exact) mass is 740 g/mol. The van der Waals surface area contributed by atoms with Crippen molar-refractivity contribution in [1.29, 1.82) is 0 Å². The van der Waals surface area contributed by atoms with Gasteiger partial charge >= 0.3 is 5.97 Å². The van der Waals surface area contributed by atoms with Gasteiger partial charge in [-0.1, -0.05) is 22.6 Å². The van der Waals surface area contributed by atoms with E-state index in [4.69, 9.17) is 29.4 Å². The number of carbonyl (C=O) groups is 2. The Labute approximate surface area is 259 Å². The van der Waals surface area contributed by atoms with Crippen LogP contribution in [0.25, 0.3) is 0 Å². The minimum atomic E-state index is -2.69. The lowest BCUT2D eigenvalue weighted by Crippen LogP contribution is -2.69. The van der Waals surface area contributed by atoms with Crippen LogP contribution >= 0.6 is 22.6 Å². The first-order valence-corrected chi connectivity index (χ1v) is 14.8. The summed E-state index contributed by atoms with van der Waals surface area (Å²) < 4.78 is 27.5. The second-order valence-electron chi connectivity index (χ2n) is 10.9. The van der Waals surface area contributed by atoms with Gasteiger partial charge in [0.15, 0.2) is 6.29 Å². The lowest BCUT2D eigenvalue weighted by Gasteiger charge is -2.48. The zero-order valence-corrected chi connectivity index (χ0v) is 25.5. The number of carboxylic acid groups (broad SMARTS) is 1. The third-order valence-corrected chi connectivity index (χ3v) is 9.32. The van der Waals surface area contributed by atoms with Gasteiger partial charge in [-0.25, -0.2) is 4.79 Å². The molecule has 3 heterocycles. The molecule has 1 amide bonds. The van der Waals surface area contributed by atoms with Crippen molar-refractivity contribution in [2.75, 3.05) is 19.8 Å². The van der Waals surface area contributed by atoms with Gasteiger partial charge in [0.2, 0.25) is 5.91 Å². The quantitative estimate of drug-likeness (QED) is 0.0695. The molecule has 0 spiro atoms. The van der Waals surface area contributed by atoms with Crippen LogP contribution in [0.3, 0.4) is 0 Å². The maximum Gasteiger partial charge on any atom is 0.364 e. The SMILES string of the molecule is CC(=O)NC1C(O)CC(OCC2OC(C)C(N)C(OC3OC(CO)C(I)C(O)C3O)C2O)(C(=O)O)OC1[C@H](O)[C@H](O)CO. The standard InChI is InChI=1S/C24H41IN2O16/c1-7-14(26)20(42-22-19(36)18(35)13(25)11(5-29)41-22)17(34)12(40-7)6-39-24(23(37)38)3-9(31)15(27-8(2)30)21(43-24)16(33)10(32)4-28/h7,9-22,28-29,31-36H,3-6,26H2,1-2H3,(H,27,30)(H,37,38)/t7?,9?,10-,11?,12?,13?,14?,15?,16-,17?,18?,19?,20?,21?,22?,24?/m1/s1. The number of hydrogen-bond donors (Lipinski definition) is 11. The van der Waals surface area contributed by atoms with Crippen LogP contribution < -0.4 is 11.1 Å². The highest BCUT2D eigenvalue weighted by molar-refractivity contribution is 14.1. The lowest BCUT2D eigenvalue weighted by molar-refractivity contribution is -0.330. The van der Waals surface area contributed by atoms with Gasteiger partial charge in [0.05, 0.1) is 60.2 Å². The first-order valence-electron chi connectivity index (χ1n) is 13.6. The third-order valence-electron chi connectivity index (χ3n) is 7.79. The number of nitrogens with two attached hydrogens (primary N) is 1. The molecule has 3 rings (SSSR count). The summed E-state index contributed by atoms with van der Waals surface area (Å²) in [5.41, 5.74) is 6.19. The van der Waals surface area contributed by atoms with Crippen molar-refractivity contribution in [3.8, 4) is 0 Å². The zero-order chi connectivity index (χ0) is 32.4. The fraction of sp³-hybridized carbons (Fsp3) is 0.917. The van der Waals surface area contributed by atoms with Gasteiger partial charge in [0.1, 0.15) is 42.7 Å². The Hall–Kier alpha value is -0.890. The van der Waals surface area contributed by atoms with Crippen LogP contribution in [0.5, 0.6) is 0 Å². The predicted octanol–water partition coefficient (Wildman–Crippen LogP) is -5.74. The molecule has 250 valence electrons. The number of halogens is 1. The van der Waals surface area contributed by atoms with E-state index in [1.54, 1.807) is 0 Å². The Morgan fingerprint density at radius 2 is 1.74 bits per heavy atom. The normalized spacial score (nSPS) is 45.3. The molecule has 0 aromatic carbocycles. The van der Waals surface area contributed by atoms with Gasteiger partial charge in [-0.2, -0.15) is 0 Å². The molecule has 0 radical (unpaired) electrons. The summed E-state index contributed by atoms with van der Waals surface area (Å²) in [7, 11) is 0. The van der Waals surface area contributed by atoms with E-state index >= 15 is 0 Å². The smallest absolute Gasteiger partial charge is 0.364 e. The summed E-state index contributed by atoms with van der Waals surface area (Å²) in [6, 6.07) is -2.41. The van der Waals surface area contributed by atoms with Crippen LogP contribution in [0, 0.1) is 0 Å². The lowest BCUT2D eigenvalue weighted by atomic mass is 9.88. The maximum absolute atomic E-state index is 12.4. The molecule has 43 heavy (non-hydrogen) atoms. The number of carboxylic acids is 1. The second-order valence-corrected chi connectivity index (χ2v) is 12.3. The van der Waals surface area contributed by atoms with Crippen molar-refractivity contribution in [3.63, 3.8) is 0 Å². The molecule has 16 atom stereocenters. The van der Waals surface area contributed by atoms with Gasteiger partial charge in [0, 0.05) is 13.3 Å². The van der Waals surface area contributed by atoms with Crippen molar-refractivity contribution in [1.82, 2.24) is 5.32 Å². The Morgan fingerprint density at radius 1 is 1.09 bits per heavy atom. The topological polar surface area (TPSA) is 300 Å². The number of amides is 1. The molecule has 3 fully saturated rings.